The van der Waals surface area contributed by atoms with Crippen LogP contribution >= 0.6 is 23.1 Å². The van der Waals surface area contributed by atoms with Gasteiger partial charge in [0.2, 0.25) is 5.91 Å². The highest BCUT2D eigenvalue weighted by atomic mass is 32.2. The van der Waals surface area contributed by atoms with Crippen LogP contribution in [0.1, 0.15) is 15.2 Å². The predicted molar refractivity (Wildman–Crippen MR) is 93.4 cm³/mol. The van der Waals surface area contributed by atoms with Crippen molar-refractivity contribution in [2.45, 2.75) is 5.75 Å². The average Bonchev–Trinajstić information content (AvgIpc) is 3.02. The van der Waals surface area contributed by atoms with Crippen LogP contribution in [0.15, 0.2) is 35.7 Å². The van der Waals surface area contributed by atoms with Crippen LogP contribution in [-0.4, -0.2) is 31.8 Å². The number of amides is 1. The van der Waals surface area contributed by atoms with E-state index in [4.69, 9.17) is 4.74 Å². The number of benzene rings is 1. The van der Waals surface area contributed by atoms with Gasteiger partial charge < -0.3 is 14.8 Å². The van der Waals surface area contributed by atoms with Crippen molar-refractivity contribution >= 4 is 40.7 Å². The maximum absolute atomic E-state index is 12.0. The summed E-state index contributed by atoms with van der Waals surface area (Å²) in [5.74, 6) is 1.21. The second kappa shape index (κ2) is 8.59. The van der Waals surface area contributed by atoms with Gasteiger partial charge in [-0.05, 0) is 29.1 Å². The highest BCUT2D eigenvalue weighted by Crippen LogP contribution is 2.24. The summed E-state index contributed by atoms with van der Waals surface area (Å²) in [4.78, 5) is 23.9. The Hall–Kier alpha value is -1.99. The second-order valence-corrected chi connectivity index (χ2v) is 6.45. The van der Waals surface area contributed by atoms with E-state index in [1.807, 2.05) is 24.3 Å². The SMILES string of the molecule is COC(=O)c1sccc1NC(=O)CSCc1cccc(OC)c1. The van der Waals surface area contributed by atoms with E-state index in [2.05, 4.69) is 10.1 Å². The van der Waals surface area contributed by atoms with Crippen molar-refractivity contribution in [3.63, 3.8) is 0 Å². The summed E-state index contributed by atoms with van der Waals surface area (Å²) in [6, 6.07) is 9.43. The molecule has 0 spiro atoms. The molecule has 1 N–H and O–H groups in total. The number of carbonyl (C=O) groups is 2. The van der Waals surface area contributed by atoms with Gasteiger partial charge in [0.15, 0.2) is 0 Å². The molecule has 0 fully saturated rings. The molecule has 0 bridgehead atoms. The topological polar surface area (TPSA) is 64.6 Å². The Morgan fingerprint density at radius 3 is 2.83 bits per heavy atom. The van der Waals surface area contributed by atoms with Crippen molar-refractivity contribution in [1.82, 2.24) is 0 Å². The minimum absolute atomic E-state index is 0.151. The van der Waals surface area contributed by atoms with Gasteiger partial charge >= 0.3 is 5.97 Å². The molecule has 23 heavy (non-hydrogen) atoms. The van der Waals surface area contributed by atoms with Crippen molar-refractivity contribution in [3.8, 4) is 5.75 Å². The minimum Gasteiger partial charge on any atom is -0.497 e. The first-order chi connectivity index (χ1) is 11.1. The van der Waals surface area contributed by atoms with Crippen LogP contribution < -0.4 is 10.1 Å². The van der Waals surface area contributed by atoms with Gasteiger partial charge in [-0.2, -0.15) is 0 Å². The lowest BCUT2D eigenvalue weighted by atomic mass is 10.2. The molecular weight excluding hydrogens is 334 g/mol. The number of ether oxygens (including phenoxy) is 2. The Kier molecular flexibility index (Phi) is 6.49. The number of anilines is 1. The quantitative estimate of drug-likeness (QED) is 0.775. The number of esters is 1. The lowest BCUT2D eigenvalue weighted by Crippen LogP contribution is -2.15. The molecule has 0 saturated heterocycles. The Morgan fingerprint density at radius 2 is 2.09 bits per heavy atom. The Bertz CT molecular complexity index is 684. The van der Waals surface area contributed by atoms with E-state index in [0.717, 1.165) is 11.3 Å². The van der Waals surface area contributed by atoms with Crippen LogP contribution in [0.4, 0.5) is 5.69 Å². The molecule has 0 saturated carbocycles. The maximum atomic E-state index is 12.0. The standard InChI is InChI=1S/C16H17NO4S2/c1-20-12-5-3-4-11(8-12)9-22-10-14(18)17-13-6-7-23-15(13)16(19)21-2/h3-8H,9-10H2,1-2H3,(H,17,18). The molecule has 2 rings (SSSR count). The average molecular weight is 351 g/mol. The van der Waals surface area contributed by atoms with Crippen LogP contribution in [0.25, 0.3) is 0 Å². The molecule has 0 radical (unpaired) electrons. The zero-order chi connectivity index (χ0) is 16.7. The lowest BCUT2D eigenvalue weighted by Gasteiger charge is -2.06. The van der Waals surface area contributed by atoms with Crippen molar-refractivity contribution in [2.24, 2.45) is 0 Å². The van der Waals surface area contributed by atoms with Gasteiger partial charge in [0.05, 0.1) is 25.7 Å². The number of thioether (sulfide) groups is 1. The number of nitrogens with one attached hydrogen (secondary N) is 1. The molecule has 122 valence electrons. The van der Waals surface area contributed by atoms with E-state index in [9.17, 15) is 9.59 Å². The first-order valence-corrected chi connectivity index (χ1v) is 8.84. The number of hydrogen-bond donors (Lipinski definition) is 1. The molecule has 1 aromatic carbocycles. The Balaban J connectivity index is 1.83. The molecule has 7 heteroatoms. The third-order valence-corrected chi connectivity index (χ3v) is 4.84. The molecular formula is C16H17NO4S2. The Morgan fingerprint density at radius 1 is 1.26 bits per heavy atom. The fraction of sp³-hybridized carbons (Fsp3) is 0.250. The van der Waals surface area contributed by atoms with E-state index < -0.39 is 5.97 Å². The fourth-order valence-corrected chi connectivity index (χ4v) is 3.41. The zero-order valence-electron chi connectivity index (χ0n) is 12.8. The summed E-state index contributed by atoms with van der Waals surface area (Å²) >= 11 is 2.73. The predicted octanol–water partition coefficient (Wildman–Crippen LogP) is 3.42. The van der Waals surface area contributed by atoms with Crippen molar-refractivity contribution < 1.29 is 19.1 Å². The van der Waals surface area contributed by atoms with Crippen molar-refractivity contribution in [2.75, 3.05) is 25.3 Å². The molecule has 0 aliphatic rings. The van der Waals surface area contributed by atoms with E-state index in [1.165, 1.54) is 30.2 Å². The van der Waals surface area contributed by atoms with Crippen LogP contribution in [0.5, 0.6) is 5.75 Å². The van der Waals surface area contributed by atoms with Gasteiger partial charge in [0, 0.05) is 5.75 Å². The maximum Gasteiger partial charge on any atom is 0.350 e. The summed E-state index contributed by atoms with van der Waals surface area (Å²) in [6.45, 7) is 0. The molecule has 2 aromatic rings. The van der Waals surface area contributed by atoms with Gasteiger partial charge in [0.25, 0.3) is 0 Å². The molecule has 1 heterocycles. The normalized spacial score (nSPS) is 10.2. The van der Waals surface area contributed by atoms with Gasteiger partial charge in [-0.1, -0.05) is 12.1 Å². The first kappa shape index (κ1) is 17.4. The number of methoxy groups -OCH3 is 2. The highest BCUT2D eigenvalue weighted by Gasteiger charge is 2.15. The van der Waals surface area contributed by atoms with Crippen molar-refractivity contribution in [1.29, 1.82) is 0 Å². The lowest BCUT2D eigenvalue weighted by molar-refractivity contribution is -0.113. The molecule has 0 aliphatic carbocycles. The smallest absolute Gasteiger partial charge is 0.350 e. The number of rotatable bonds is 7. The molecule has 1 amide bonds. The van der Waals surface area contributed by atoms with Crippen LogP contribution in [-0.2, 0) is 15.3 Å². The minimum atomic E-state index is -0.445. The first-order valence-electron chi connectivity index (χ1n) is 6.80. The van der Waals surface area contributed by atoms with Gasteiger partial charge in [-0.3, -0.25) is 4.79 Å². The number of hydrogen-bond acceptors (Lipinski definition) is 6. The van der Waals surface area contributed by atoms with Crippen LogP contribution in [0, 0.1) is 0 Å². The molecule has 0 aliphatic heterocycles. The van der Waals surface area contributed by atoms with Crippen molar-refractivity contribution in [3.05, 3.63) is 46.2 Å². The van der Waals surface area contributed by atoms with Crippen LogP contribution in [0.2, 0.25) is 0 Å². The molecule has 0 atom stereocenters. The monoisotopic (exact) mass is 351 g/mol. The van der Waals surface area contributed by atoms with E-state index in [1.54, 1.807) is 18.6 Å². The third-order valence-electron chi connectivity index (χ3n) is 2.95. The van der Waals surface area contributed by atoms with E-state index >= 15 is 0 Å². The molecule has 1 aromatic heterocycles. The fourth-order valence-electron chi connectivity index (χ4n) is 1.87. The number of carbonyl (C=O) groups excluding carboxylic acids is 2. The highest BCUT2D eigenvalue weighted by molar-refractivity contribution is 7.99. The summed E-state index contributed by atoms with van der Waals surface area (Å²) in [5, 5.41) is 4.48. The Labute approximate surface area is 143 Å². The largest absolute Gasteiger partial charge is 0.497 e. The number of thiophene rings is 1. The van der Waals surface area contributed by atoms with E-state index in [0.29, 0.717) is 22.1 Å². The molecule has 0 unspecified atom stereocenters. The summed E-state index contributed by atoms with van der Waals surface area (Å²) in [5.41, 5.74) is 1.58. The van der Waals surface area contributed by atoms with Gasteiger partial charge in [-0.25, -0.2) is 4.79 Å². The summed E-state index contributed by atoms with van der Waals surface area (Å²) in [7, 11) is 2.94. The summed E-state index contributed by atoms with van der Waals surface area (Å²) in [6.07, 6.45) is 0. The third kappa shape index (κ3) is 5.01. The van der Waals surface area contributed by atoms with Gasteiger partial charge in [0.1, 0.15) is 10.6 Å². The zero-order valence-corrected chi connectivity index (χ0v) is 14.5. The van der Waals surface area contributed by atoms with Gasteiger partial charge in [-0.15, -0.1) is 23.1 Å². The van der Waals surface area contributed by atoms with Crippen LogP contribution in [0.3, 0.4) is 0 Å². The van der Waals surface area contributed by atoms with E-state index in [-0.39, 0.29) is 5.91 Å². The second-order valence-electron chi connectivity index (χ2n) is 4.55. The summed E-state index contributed by atoms with van der Waals surface area (Å²) < 4.78 is 9.85. The molecule has 5 nitrogen and oxygen atoms in total.